The lowest BCUT2D eigenvalue weighted by Gasteiger charge is -2.37. The SMILES string of the molecule is CCOC(=O)CC1CC(N)CN(c2ccc(C(F)(F)F)cc2)C1. The minimum Gasteiger partial charge on any atom is -0.466 e. The van der Waals surface area contributed by atoms with E-state index in [1.54, 1.807) is 6.92 Å². The summed E-state index contributed by atoms with van der Waals surface area (Å²) >= 11 is 0. The number of halogens is 3. The topological polar surface area (TPSA) is 55.6 Å². The van der Waals surface area contributed by atoms with Crippen LogP contribution in [-0.2, 0) is 15.7 Å². The standard InChI is InChI=1S/C16H21F3N2O2/c1-2-23-15(22)8-11-7-13(20)10-21(9-11)14-5-3-12(4-6-14)16(17,18)19/h3-6,11,13H,2,7-10,20H2,1H3. The van der Waals surface area contributed by atoms with Crippen LogP contribution in [0.5, 0.6) is 0 Å². The lowest BCUT2D eigenvalue weighted by Crippen LogP contribution is -2.47. The number of carbonyl (C=O) groups excluding carboxylic acids is 1. The van der Waals surface area contributed by atoms with Gasteiger partial charge in [-0.1, -0.05) is 0 Å². The lowest BCUT2D eigenvalue weighted by molar-refractivity contribution is -0.144. The normalized spacial score (nSPS) is 22.0. The van der Waals surface area contributed by atoms with Crippen molar-refractivity contribution in [2.45, 2.75) is 32.0 Å². The van der Waals surface area contributed by atoms with E-state index < -0.39 is 11.7 Å². The highest BCUT2D eigenvalue weighted by Crippen LogP contribution is 2.31. The second-order valence-corrected chi connectivity index (χ2v) is 5.82. The molecule has 0 aromatic heterocycles. The summed E-state index contributed by atoms with van der Waals surface area (Å²) in [5.41, 5.74) is 6.03. The Morgan fingerprint density at radius 1 is 1.30 bits per heavy atom. The van der Waals surface area contributed by atoms with Crippen LogP contribution in [0.15, 0.2) is 24.3 Å². The van der Waals surface area contributed by atoms with Crippen LogP contribution in [-0.4, -0.2) is 31.7 Å². The number of benzene rings is 1. The number of piperidine rings is 1. The Bertz CT molecular complexity index is 531. The van der Waals surface area contributed by atoms with E-state index in [4.69, 9.17) is 10.5 Å². The fraction of sp³-hybridized carbons (Fsp3) is 0.562. The molecule has 1 fully saturated rings. The summed E-state index contributed by atoms with van der Waals surface area (Å²) < 4.78 is 42.8. The van der Waals surface area contributed by atoms with Crippen molar-refractivity contribution in [2.75, 3.05) is 24.6 Å². The smallest absolute Gasteiger partial charge is 0.416 e. The van der Waals surface area contributed by atoms with Gasteiger partial charge >= 0.3 is 12.1 Å². The van der Waals surface area contributed by atoms with Crippen molar-refractivity contribution < 1.29 is 22.7 Å². The Morgan fingerprint density at radius 2 is 1.96 bits per heavy atom. The van der Waals surface area contributed by atoms with E-state index in [9.17, 15) is 18.0 Å². The van der Waals surface area contributed by atoms with E-state index in [0.29, 0.717) is 31.8 Å². The van der Waals surface area contributed by atoms with E-state index >= 15 is 0 Å². The minimum atomic E-state index is -4.34. The Kier molecular flexibility index (Phi) is 5.51. The maximum Gasteiger partial charge on any atom is 0.416 e. The second-order valence-electron chi connectivity index (χ2n) is 5.82. The number of hydrogen-bond donors (Lipinski definition) is 1. The summed E-state index contributed by atoms with van der Waals surface area (Å²) in [5, 5.41) is 0. The first-order valence-electron chi connectivity index (χ1n) is 7.63. The Balaban J connectivity index is 2.05. The molecular formula is C16H21F3N2O2. The number of anilines is 1. The number of esters is 1. The number of alkyl halides is 3. The quantitative estimate of drug-likeness (QED) is 0.863. The van der Waals surface area contributed by atoms with Crippen LogP contribution < -0.4 is 10.6 Å². The van der Waals surface area contributed by atoms with Crippen molar-refractivity contribution in [1.29, 1.82) is 0 Å². The van der Waals surface area contributed by atoms with Gasteiger partial charge in [0.1, 0.15) is 0 Å². The summed E-state index contributed by atoms with van der Waals surface area (Å²) in [6.07, 6.45) is -3.36. The molecule has 0 radical (unpaired) electrons. The van der Waals surface area contributed by atoms with Gasteiger partial charge < -0.3 is 15.4 Å². The fourth-order valence-corrected chi connectivity index (χ4v) is 2.92. The maximum absolute atomic E-state index is 12.6. The highest BCUT2D eigenvalue weighted by atomic mass is 19.4. The summed E-state index contributed by atoms with van der Waals surface area (Å²) in [5.74, 6) is -0.223. The Hall–Kier alpha value is -1.76. The number of ether oxygens (including phenoxy) is 1. The molecule has 128 valence electrons. The average Bonchev–Trinajstić information content (AvgIpc) is 2.46. The molecule has 0 spiro atoms. The van der Waals surface area contributed by atoms with Crippen molar-refractivity contribution in [2.24, 2.45) is 11.7 Å². The molecular weight excluding hydrogens is 309 g/mol. The predicted octanol–water partition coefficient (Wildman–Crippen LogP) is 2.81. The molecule has 1 heterocycles. The predicted molar refractivity (Wildman–Crippen MR) is 81.0 cm³/mol. The molecule has 0 bridgehead atoms. The van der Waals surface area contributed by atoms with E-state index in [2.05, 4.69) is 0 Å². The zero-order chi connectivity index (χ0) is 17.0. The van der Waals surface area contributed by atoms with E-state index in [1.165, 1.54) is 12.1 Å². The summed E-state index contributed by atoms with van der Waals surface area (Å²) in [6, 6.07) is 4.90. The molecule has 0 amide bonds. The molecule has 2 rings (SSSR count). The summed E-state index contributed by atoms with van der Waals surface area (Å²) in [4.78, 5) is 13.5. The molecule has 0 saturated carbocycles. The van der Waals surface area contributed by atoms with Crippen molar-refractivity contribution in [1.82, 2.24) is 0 Å². The number of carbonyl (C=O) groups is 1. The van der Waals surface area contributed by atoms with Crippen LogP contribution in [0.25, 0.3) is 0 Å². The first kappa shape index (κ1) is 17.6. The van der Waals surface area contributed by atoms with E-state index in [-0.39, 0.29) is 24.3 Å². The first-order valence-corrected chi connectivity index (χ1v) is 7.63. The zero-order valence-electron chi connectivity index (χ0n) is 13.0. The molecule has 2 unspecified atom stereocenters. The largest absolute Gasteiger partial charge is 0.466 e. The first-order chi connectivity index (χ1) is 10.8. The molecule has 0 aliphatic carbocycles. The van der Waals surface area contributed by atoms with Gasteiger partial charge in [0.25, 0.3) is 0 Å². The second kappa shape index (κ2) is 7.21. The molecule has 2 N–H and O–H groups in total. The van der Waals surface area contributed by atoms with Crippen molar-refractivity contribution >= 4 is 11.7 Å². The summed E-state index contributed by atoms with van der Waals surface area (Å²) in [7, 11) is 0. The van der Waals surface area contributed by atoms with Crippen LogP contribution in [0.3, 0.4) is 0 Å². The highest BCUT2D eigenvalue weighted by molar-refractivity contribution is 5.69. The Labute approximate surface area is 133 Å². The van der Waals surface area contributed by atoms with Crippen LogP contribution in [0, 0.1) is 5.92 Å². The summed E-state index contributed by atoms with van der Waals surface area (Å²) in [6.45, 7) is 3.22. The van der Waals surface area contributed by atoms with Crippen LogP contribution in [0.2, 0.25) is 0 Å². The molecule has 1 aliphatic heterocycles. The van der Waals surface area contributed by atoms with Gasteiger partial charge in [-0.3, -0.25) is 4.79 Å². The van der Waals surface area contributed by atoms with E-state index in [0.717, 1.165) is 12.1 Å². The Morgan fingerprint density at radius 3 is 2.52 bits per heavy atom. The van der Waals surface area contributed by atoms with Crippen LogP contribution >= 0.6 is 0 Å². The number of hydrogen-bond acceptors (Lipinski definition) is 4. The van der Waals surface area contributed by atoms with Crippen LogP contribution in [0.1, 0.15) is 25.3 Å². The monoisotopic (exact) mass is 330 g/mol. The van der Waals surface area contributed by atoms with Gasteiger partial charge in [-0.05, 0) is 43.5 Å². The molecule has 1 aliphatic rings. The third-order valence-corrected chi connectivity index (χ3v) is 3.89. The highest BCUT2D eigenvalue weighted by Gasteiger charge is 2.31. The van der Waals surface area contributed by atoms with Gasteiger partial charge in [-0.2, -0.15) is 13.2 Å². The van der Waals surface area contributed by atoms with Gasteiger partial charge in [0.15, 0.2) is 0 Å². The third-order valence-electron chi connectivity index (χ3n) is 3.89. The molecule has 1 aromatic rings. The van der Waals surface area contributed by atoms with Gasteiger partial charge in [0.05, 0.1) is 18.6 Å². The third kappa shape index (κ3) is 4.86. The van der Waals surface area contributed by atoms with Gasteiger partial charge in [-0.15, -0.1) is 0 Å². The maximum atomic E-state index is 12.6. The fourth-order valence-electron chi connectivity index (χ4n) is 2.92. The van der Waals surface area contributed by atoms with E-state index in [1.807, 2.05) is 4.90 Å². The average molecular weight is 330 g/mol. The molecule has 1 aromatic carbocycles. The van der Waals surface area contributed by atoms with Crippen molar-refractivity contribution in [3.63, 3.8) is 0 Å². The van der Waals surface area contributed by atoms with Crippen LogP contribution in [0.4, 0.5) is 18.9 Å². The number of nitrogens with two attached hydrogens (primary N) is 1. The number of nitrogens with zero attached hydrogens (tertiary/aromatic N) is 1. The van der Waals surface area contributed by atoms with Gasteiger partial charge in [0.2, 0.25) is 0 Å². The molecule has 1 saturated heterocycles. The lowest BCUT2D eigenvalue weighted by atomic mass is 9.91. The minimum absolute atomic E-state index is 0.0418. The zero-order valence-corrected chi connectivity index (χ0v) is 13.0. The number of rotatable bonds is 4. The molecule has 7 heteroatoms. The van der Waals surface area contributed by atoms with Gasteiger partial charge in [-0.25, -0.2) is 0 Å². The molecule has 23 heavy (non-hydrogen) atoms. The molecule has 4 nitrogen and oxygen atoms in total. The van der Waals surface area contributed by atoms with Gasteiger partial charge in [0, 0.05) is 24.8 Å². The molecule has 2 atom stereocenters. The van der Waals surface area contributed by atoms with Crippen molar-refractivity contribution in [3.05, 3.63) is 29.8 Å². The van der Waals surface area contributed by atoms with Crippen molar-refractivity contribution in [3.8, 4) is 0 Å².